The fourth-order valence-electron chi connectivity index (χ4n) is 0. The van der Waals surface area contributed by atoms with Crippen molar-refractivity contribution in [2.75, 3.05) is 0 Å². The van der Waals surface area contributed by atoms with Crippen LogP contribution >= 0.6 is 0 Å². The van der Waals surface area contributed by atoms with Gasteiger partial charge in [-0.2, -0.15) is 0 Å². The minimum absolute atomic E-state index is 0. The third-order valence-electron chi connectivity index (χ3n) is 0. The summed E-state index contributed by atoms with van der Waals surface area (Å²) in [4.78, 5) is 0. The van der Waals surface area contributed by atoms with E-state index in [-0.39, 0.29) is 121 Å². The molecular formula is C11H38Ru2. The molecule has 0 atom stereocenters. The summed E-state index contributed by atoms with van der Waals surface area (Å²) in [6, 6.07) is 0. The average Bonchev–Trinajstić information content (AvgIpc) is 0. The normalized spacial score (nSPS) is 0. The van der Waals surface area contributed by atoms with Crippen LogP contribution in [-0.4, -0.2) is 0 Å². The van der Waals surface area contributed by atoms with Gasteiger partial charge in [-0.05, 0) is 0 Å². The van der Waals surface area contributed by atoms with E-state index < -0.39 is 0 Å². The molecule has 0 fully saturated rings. The number of hydrogen-bond acceptors (Lipinski definition) is 0. The second-order valence-corrected chi connectivity index (χ2v) is 0. The van der Waals surface area contributed by atoms with Crippen LogP contribution in [0.2, 0.25) is 0 Å². The largest absolute Gasteiger partial charge is 3.00 e. The zero-order chi connectivity index (χ0) is 0. The Labute approximate surface area is 120 Å². The molecule has 0 rings (SSSR count). The summed E-state index contributed by atoms with van der Waals surface area (Å²) >= 11 is 0. The van der Waals surface area contributed by atoms with Crippen molar-refractivity contribution in [1.82, 2.24) is 0 Å². The van der Waals surface area contributed by atoms with Gasteiger partial charge in [-0.1, -0.05) is 37.1 Å². The molecule has 98 valence electrons. The Bertz CT molecular complexity index is 8.05. The molecule has 0 unspecified atom stereocenters. The van der Waals surface area contributed by atoms with Crippen molar-refractivity contribution in [2.45, 2.75) is 37.1 Å². The molecule has 0 aliphatic carbocycles. The van der Waals surface area contributed by atoms with Gasteiger partial charge >= 0.3 is 39.0 Å². The molecule has 13 heavy (non-hydrogen) atoms. The fourth-order valence-corrected chi connectivity index (χ4v) is 0. The molecule has 0 N–H and O–H groups in total. The van der Waals surface area contributed by atoms with Crippen LogP contribution in [0.15, 0.2) is 0 Å². The van der Waals surface area contributed by atoms with Crippen molar-refractivity contribution in [1.29, 1.82) is 0 Å². The smallest absolute Gasteiger partial charge is 0.358 e. The fraction of sp³-hybridized carbons (Fsp3) is 0.455. The Morgan fingerprint density at radius 3 is 0.231 bits per heavy atom. The van der Waals surface area contributed by atoms with Crippen LogP contribution in [0.4, 0.5) is 0 Å². The zero-order valence-corrected chi connectivity index (χ0v) is 10.2. The van der Waals surface area contributed by atoms with E-state index in [2.05, 4.69) is 0 Å². The van der Waals surface area contributed by atoms with Gasteiger partial charge in [0, 0.05) is 0 Å². The van der Waals surface area contributed by atoms with Crippen LogP contribution in [-0.2, 0) is 39.0 Å². The predicted molar refractivity (Wildman–Crippen MR) is 72.1 cm³/mol. The van der Waals surface area contributed by atoms with Crippen LogP contribution in [0.25, 0.3) is 0 Å². The molecule has 0 aromatic rings. The van der Waals surface area contributed by atoms with Crippen LogP contribution in [0.3, 0.4) is 0 Å². The zero-order valence-electron chi connectivity index (χ0n) is 6.71. The summed E-state index contributed by atoms with van der Waals surface area (Å²) in [5.41, 5.74) is 0. The Kier molecular flexibility index (Phi) is 158000. The minimum Gasteiger partial charge on any atom is -0.358 e. The molecule has 0 spiro atoms. The molecular weight excluding hydrogens is 334 g/mol. The molecule has 2 radical (unpaired) electrons. The summed E-state index contributed by atoms with van der Waals surface area (Å²) in [6.07, 6.45) is 0. The van der Waals surface area contributed by atoms with Crippen LogP contribution in [0, 0.1) is 44.6 Å². The van der Waals surface area contributed by atoms with Crippen LogP contribution in [0.1, 0.15) is 37.1 Å². The standard InChI is InChI=1S/5CH4.6CH3.2Ru/h5*1H4;6*1H3;;/q;;;;;6*-1;2*+3. The van der Waals surface area contributed by atoms with E-state index in [9.17, 15) is 0 Å². The van der Waals surface area contributed by atoms with Gasteiger partial charge in [0.15, 0.2) is 0 Å². The number of rotatable bonds is 0. The van der Waals surface area contributed by atoms with E-state index in [4.69, 9.17) is 0 Å². The van der Waals surface area contributed by atoms with E-state index in [0.29, 0.717) is 0 Å². The maximum Gasteiger partial charge on any atom is 3.00 e. The topological polar surface area (TPSA) is 0 Å². The summed E-state index contributed by atoms with van der Waals surface area (Å²) < 4.78 is 0. The van der Waals surface area contributed by atoms with Gasteiger partial charge in [0.1, 0.15) is 0 Å². The molecule has 0 heterocycles. The van der Waals surface area contributed by atoms with Gasteiger partial charge in [-0.3, -0.25) is 0 Å². The molecule has 0 aromatic carbocycles. The van der Waals surface area contributed by atoms with Gasteiger partial charge < -0.3 is 44.6 Å². The summed E-state index contributed by atoms with van der Waals surface area (Å²) in [5.74, 6) is 0. The Balaban J connectivity index is 0. The average molecular weight is 373 g/mol. The summed E-state index contributed by atoms with van der Waals surface area (Å²) in [6.45, 7) is 0. The second kappa shape index (κ2) is 1280. The maximum absolute atomic E-state index is 0. The van der Waals surface area contributed by atoms with E-state index >= 15 is 0 Å². The molecule has 0 aliphatic rings. The van der Waals surface area contributed by atoms with Gasteiger partial charge in [-0.15, -0.1) is 0 Å². The Morgan fingerprint density at radius 1 is 0.231 bits per heavy atom. The molecule has 0 saturated heterocycles. The third-order valence-corrected chi connectivity index (χ3v) is 0. The maximum atomic E-state index is 0. The van der Waals surface area contributed by atoms with Crippen molar-refractivity contribution in [3.8, 4) is 0 Å². The molecule has 0 aliphatic heterocycles. The van der Waals surface area contributed by atoms with E-state index in [0.717, 1.165) is 0 Å². The molecule has 0 amide bonds. The van der Waals surface area contributed by atoms with Crippen molar-refractivity contribution in [3.05, 3.63) is 44.6 Å². The van der Waals surface area contributed by atoms with Crippen molar-refractivity contribution >= 4 is 0 Å². The number of hydrogen-bond donors (Lipinski definition) is 0. The van der Waals surface area contributed by atoms with E-state index in [1.54, 1.807) is 0 Å². The molecule has 0 aromatic heterocycles. The van der Waals surface area contributed by atoms with Gasteiger partial charge in [0.05, 0.1) is 0 Å². The van der Waals surface area contributed by atoms with E-state index in [1.807, 2.05) is 0 Å². The van der Waals surface area contributed by atoms with Crippen molar-refractivity contribution in [2.24, 2.45) is 0 Å². The van der Waals surface area contributed by atoms with Crippen LogP contribution in [0.5, 0.6) is 0 Å². The molecule has 2 heteroatoms. The SMILES string of the molecule is C.C.C.C.C.[CH3-].[CH3-].[CH3-].[CH3-].[CH3-].[CH3-].[Ru+3].[Ru+3]. The van der Waals surface area contributed by atoms with Crippen molar-refractivity contribution < 1.29 is 39.0 Å². The van der Waals surface area contributed by atoms with Gasteiger partial charge in [-0.25, -0.2) is 0 Å². The monoisotopic (exact) mass is 374 g/mol. The Morgan fingerprint density at radius 2 is 0.231 bits per heavy atom. The quantitative estimate of drug-likeness (QED) is 0.368. The predicted octanol–water partition coefficient (Wildman–Crippen LogP) is 5.88. The first kappa shape index (κ1) is 1610. The molecule has 0 bridgehead atoms. The van der Waals surface area contributed by atoms with E-state index in [1.165, 1.54) is 0 Å². The molecule has 0 saturated carbocycles. The second-order valence-electron chi connectivity index (χ2n) is 0. The first-order valence-electron chi connectivity index (χ1n) is 0. The minimum atomic E-state index is 0. The van der Waals surface area contributed by atoms with Gasteiger partial charge in [0.2, 0.25) is 0 Å². The Hall–Kier alpha value is 1.25. The summed E-state index contributed by atoms with van der Waals surface area (Å²) in [5, 5.41) is 0. The van der Waals surface area contributed by atoms with Crippen LogP contribution < -0.4 is 0 Å². The van der Waals surface area contributed by atoms with Gasteiger partial charge in [0.25, 0.3) is 0 Å². The van der Waals surface area contributed by atoms with Crippen molar-refractivity contribution in [3.63, 3.8) is 0 Å². The first-order chi connectivity index (χ1) is 0. The first-order valence-corrected chi connectivity index (χ1v) is 0. The summed E-state index contributed by atoms with van der Waals surface area (Å²) in [7, 11) is 0. The third kappa shape index (κ3) is 1080. The molecule has 0 nitrogen and oxygen atoms in total.